The predicted octanol–water partition coefficient (Wildman–Crippen LogP) is -8.03. The van der Waals surface area contributed by atoms with Crippen molar-refractivity contribution >= 4 is 29.5 Å². The first-order valence-corrected chi connectivity index (χ1v) is 28.5. The van der Waals surface area contributed by atoms with Crippen molar-refractivity contribution in [2.24, 2.45) is 5.92 Å². The summed E-state index contributed by atoms with van der Waals surface area (Å²) in [7, 11) is 0. The summed E-state index contributed by atoms with van der Waals surface area (Å²) in [6.07, 6.45) is -17.2. The molecule has 3 saturated heterocycles. The summed E-state index contributed by atoms with van der Waals surface area (Å²) in [5.41, 5.74) is 1.37. The second-order valence-electron chi connectivity index (χ2n) is 22.1. The number of rotatable bonds is 36. The minimum absolute atomic E-state index is 0.0676. The lowest BCUT2D eigenvalue weighted by molar-refractivity contribution is -0.319. The number of nitrogens with zero attached hydrogens (tertiary/aromatic N) is 10. The normalized spacial score (nSPS) is 28.8. The van der Waals surface area contributed by atoms with Gasteiger partial charge >= 0.3 is 11.9 Å². The zero-order valence-corrected chi connectivity index (χ0v) is 48.6. The fourth-order valence-corrected chi connectivity index (χ4v) is 10.6. The molecule has 37 heteroatoms. The molecule has 3 fully saturated rings. The molecule has 3 aromatic rings. The van der Waals surface area contributed by atoms with Crippen molar-refractivity contribution in [2.75, 3.05) is 39.6 Å². The van der Waals surface area contributed by atoms with Gasteiger partial charge in [0.2, 0.25) is 11.8 Å². The largest absolute Gasteiger partial charge is 0.477 e. The van der Waals surface area contributed by atoms with Gasteiger partial charge in [-0.05, 0) is 26.2 Å². The van der Waals surface area contributed by atoms with Gasteiger partial charge in [0.05, 0.1) is 93.2 Å². The fourth-order valence-electron chi connectivity index (χ4n) is 10.6. The Kier molecular flexibility index (Phi) is 26.6. The lowest BCUT2D eigenvalue weighted by atomic mass is 9.80. The lowest BCUT2D eigenvalue weighted by Gasteiger charge is -2.46. The van der Waals surface area contributed by atoms with Gasteiger partial charge in [-0.2, -0.15) is 0 Å². The van der Waals surface area contributed by atoms with Gasteiger partial charge < -0.3 is 115 Å². The maximum absolute atomic E-state index is 12.7. The van der Waals surface area contributed by atoms with E-state index in [0.717, 1.165) is 6.92 Å². The minimum Gasteiger partial charge on any atom is -0.477 e. The molecule has 0 saturated carbocycles. The number of aliphatic hydroxyl groups excluding tert-OH is 12. The lowest BCUT2D eigenvalue weighted by Crippen LogP contribution is -2.67. The molecule has 10 unspecified atom stereocenters. The van der Waals surface area contributed by atoms with E-state index in [-0.39, 0.29) is 84.8 Å². The fraction of sp³-hybridized carbons (Fsp3) is 0.784. The zero-order chi connectivity index (χ0) is 64.6. The Bertz CT molecular complexity index is 2580. The molecule has 3 aliphatic rings. The maximum Gasteiger partial charge on any atom is 0.364 e. The smallest absolute Gasteiger partial charge is 0.364 e. The predicted molar refractivity (Wildman–Crippen MR) is 287 cm³/mol. The van der Waals surface area contributed by atoms with Crippen LogP contribution in [-0.2, 0) is 91.7 Å². The molecule has 0 aromatic carbocycles. The van der Waals surface area contributed by atoms with Crippen LogP contribution in [0.2, 0.25) is 0 Å². The summed E-state index contributed by atoms with van der Waals surface area (Å²) in [6, 6.07) is -2.49. The molecule has 496 valence electrons. The summed E-state index contributed by atoms with van der Waals surface area (Å²) in [6.45, 7) is 1.23. The Labute approximate surface area is 502 Å². The van der Waals surface area contributed by atoms with Crippen LogP contribution in [0, 0.1) is 5.92 Å². The van der Waals surface area contributed by atoms with E-state index in [9.17, 15) is 95.5 Å². The van der Waals surface area contributed by atoms with Crippen molar-refractivity contribution in [3.05, 3.63) is 35.7 Å². The number of carbonyl (C=O) groups is 5. The van der Waals surface area contributed by atoms with Gasteiger partial charge in [-0.15, -0.1) is 15.3 Å². The van der Waals surface area contributed by atoms with Gasteiger partial charge in [0, 0.05) is 103 Å². The standard InChI is InChI=1S/C51H82N12O25/c1-26(67)13-32-34(71)15-50(48(79)80,87-45(32)42(76)36(73)23-64)84-11-5-8-62-21-30(55-58-62)18-60(17-29-20-61(57-54-29)7-4-10-83-39-14-33(70)40(52-27(2)68)46(86-39)43(77)37(74)24-65)19-31-22-63(59-56-31)9-6-12-85-51(49(81)82)16-35(72)41(53-28(3)69)47(88-51)44(78)38(75)25-66/h20-22,32-47,64-66,70-78H,4-19,23-25H2,1-3H3,(H,52,68)(H,53,69)(H,79,80)(H,81,82)/t32-,33-,34-,35?,36?,37?,38?,39+,40-,41+,42?,43?,44?,45?,46?,47?,50-,51+/m1/s1. The molecule has 0 spiro atoms. The molecule has 88 heavy (non-hydrogen) atoms. The number of aromatic nitrogens is 9. The molecule has 0 bridgehead atoms. The average Bonchev–Trinajstić information content (AvgIpc) is 1.94. The quantitative estimate of drug-likeness (QED) is 0.0240. The van der Waals surface area contributed by atoms with Crippen LogP contribution in [0.15, 0.2) is 18.6 Å². The zero-order valence-electron chi connectivity index (χ0n) is 48.6. The van der Waals surface area contributed by atoms with E-state index < -0.39 is 171 Å². The highest BCUT2D eigenvalue weighted by molar-refractivity contribution is 5.78. The van der Waals surface area contributed by atoms with E-state index >= 15 is 0 Å². The number of amides is 2. The number of hydrogen-bond acceptors (Lipinski definition) is 30. The van der Waals surface area contributed by atoms with Crippen LogP contribution in [0.25, 0.3) is 0 Å². The van der Waals surface area contributed by atoms with Gasteiger partial charge in [-0.3, -0.25) is 28.5 Å². The molecule has 2 amide bonds. The van der Waals surface area contributed by atoms with Crippen LogP contribution in [0.5, 0.6) is 0 Å². The maximum atomic E-state index is 12.7. The molecule has 6 heterocycles. The average molecular weight is 1260 g/mol. The van der Waals surface area contributed by atoms with E-state index in [4.69, 9.17) is 28.4 Å². The van der Waals surface area contributed by atoms with Crippen molar-refractivity contribution in [1.82, 2.24) is 60.5 Å². The van der Waals surface area contributed by atoms with Crippen LogP contribution >= 0.6 is 0 Å². The number of aryl methyl sites for hydroxylation is 3. The van der Waals surface area contributed by atoms with Crippen LogP contribution in [0.1, 0.15) is 82.8 Å². The van der Waals surface area contributed by atoms with E-state index in [1.807, 2.05) is 4.90 Å². The number of aliphatic carboxylic acids is 2. The Morgan fingerprint density at radius 1 is 0.602 bits per heavy atom. The molecule has 0 aliphatic carbocycles. The van der Waals surface area contributed by atoms with Gasteiger partial charge in [0.1, 0.15) is 54.6 Å². The number of ether oxygens (including phenoxy) is 6. The number of nitrogens with one attached hydrogen (secondary N) is 2. The Morgan fingerprint density at radius 2 is 1.00 bits per heavy atom. The Balaban J connectivity index is 1.10. The van der Waals surface area contributed by atoms with Gasteiger partial charge in [-0.1, -0.05) is 15.6 Å². The summed E-state index contributed by atoms with van der Waals surface area (Å²) < 4.78 is 39.0. The highest BCUT2D eigenvalue weighted by Gasteiger charge is 2.57. The number of ketones is 1. The first kappa shape index (κ1) is 71.3. The second-order valence-corrected chi connectivity index (χ2v) is 22.1. The second kappa shape index (κ2) is 32.8. The van der Waals surface area contributed by atoms with Crippen LogP contribution in [-0.4, -0.2) is 294 Å². The van der Waals surface area contributed by atoms with Gasteiger partial charge in [-0.25, -0.2) is 9.59 Å². The first-order valence-electron chi connectivity index (χ1n) is 28.5. The first-order chi connectivity index (χ1) is 41.7. The molecule has 6 rings (SSSR count). The summed E-state index contributed by atoms with van der Waals surface area (Å²) in [4.78, 5) is 63.0. The van der Waals surface area contributed by atoms with E-state index in [1.54, 1.807) is 23.3 Å². The number of Topliss-reactive ketones (excluding diaryl/α,β-unsaturated/α-hetero) is 1. The van der Waals surface area contributed by atoms with Crippen molar-refractivity contribution in [3.63, 3.8) is 0 Å². The topological polar surface area (TPSA) is 543 Å². The van der Waals surface area contributed by atoms with Gasteiger partial charge in [0.15, 0.2) is 6.29 Å². The minimum atomic E-state index is -2.55. The monoisotopic (exact) mass is 1260 g/mol. The Morgan fingerprint density at radius 3 is 1.42 bits per heavy atom. The third kappa shape index (κ3) is 19.1. The molecule has 3 aliphatic heterocycles. The van der Waals surface area contributed by atoms with Crippen LogP contribution in [0.3, 0.4) is 0 Å². The Hall–Kier alpha value is -5.79. The third-order valence-electron chi connectivity index (χ3n) is 15.0. The van der Waals surface area contributed by atoms with Crippen LogP contribution in [0.4, 0.5) is 0 Å². The number of hydrogen-bond donors (Lipinski definition) is 16. The van der Waals surface area contributed by atoms with E-state index in [2.05, 4.69) is 41.6 Å². The van der Waals surface area contributed by atoms with Crippen molar-refractivity contribution < 1.29 is 124 Å². The van der Waals surface area contributed by atoms with Crippen molar-refractivity contribution in [2.45, 2.75) is 208 Å². The SMILES string of the molecule is CC(=O)C[C@H]1C(C(O)C(O)CO)O[C@@](OCCCn2cc(CN(Cc3cn(CCCO[C@@H]4C[C@@H](O)[C@@H](NC(C)=O)C(C(O)C(O)CO)O4)nn3)Cc3cn(CCCO[C@@]4(C(=O)O)CC(O)[C@H](NC(C)=O)C(C(O)C(O)CO)O4)nn3)nn2)(C(=O)O)C[C@H]1O. The molecule has 37 nitrogen and oxygen atoms in total. The highest BCUT2D eigenvalue weighted by atomic mass is 16.7. The third-order valence-corrected chi connectivity index (χ3v) is 15.0. The molecule has 3 aromatic heterocycles. The van der Waals surface area contributed by atoms with Crippen molar-refractivity contribution in [1.29, 1.82) is 0 Å². The molecule has 0 radical (unpaired) electrons. The number of carbonyl (C=O) groups excluding carboxylic acids is 3. The number of aliphatic hydroxyl groups is 12. The van der Waals surface area contributed by atoms with E-state index in [1.165, 1.54) is 23.2 Å². The number of carboxylic acids is 2. The van der Waals surface area contributed by atoms with E-state index in [0.29, 0.717) is 23.5 Å². The molecular formula is C51H82N12O25. The van der Waals surface area contributed by atoms with Gasteiger partial charge in [0.25, 0.3) is 11.6 Å². The van der Waals surface area contributed by atoms with Crippen LogP contribution < -0.4 is 10.6 Å². The van der Waals surface area contributed by atoms with Crippen molar-refractivity contribution in [3.8, 4) is 0 Å². The summed E-state index contributed by atoms with van der Waals surface area (Å²) in [5, 5.41) is 175. The summed E-state index contributed by atoms with van der Waals surface area (Å²) >= 11 is 0. The summed E-state index contributed by atoms with van der Waals surface area (Å²) in [5.74, 6) is -11.1. The molecule has 18 atom stereocenters. The molecular weight excluding hydrogens is 1180 g/mol. The number of carboxylic acid groups (broad SMARTS) is 2. The highest BCUT2D eigenvalue weighted by Crippen LogP contribution is 2.39. The molecule has 16 N–H and O–H groups in total.